The number of ketones is 1. The molecule has 0 aliphatic carbocycles. The van der Waals surface area contributed by atoms with Gasteiger partial charge in [-0.25, -0.2) is 0 Å². The third-order valence-corrected chi connectivity index (χ3v) is 4.04. The van der Waals surface area contributed by atoms with Gasteiger partial charge in [0.2, 0.25) is 0 Å². The lowest BCUT2D eigenvalue weighted by atomic mass is 9.97. The van der Waals surface area contributed by atoms with Crippen molar-refractivity contribution in [3.05, 3.63) is 29.3 Å². The van der Waals surface area contributed by atoms with Crippen LogP contribution in [0.2, 0.25) is 0 Å². The largest absolute Gasteiger partial charge is 0.496 e. The first-order valence-electron chi connectivity index (χ1n) is 7.76. The summed E-state index contributed by atoms with van der Waals surface area (Å²) in [4.78, 5) is 14.7. The molecule has 1 N–H and O–H groups in total. The molecule has 0 bridgehead atoms. The fraction of sp³-hybridized carbons (Fsp3) is 0.588. The number of methoxy groups -OCH3 is 1. The number of nitrogens with one attached hydrogen (secondary N) is 1. The Bertz CT molecular complexity index is 480. The van der Waals surface area contributed by atoms with Gasteiger partial charge in [0.15, 0.2) is 5.78 Å². The maximum atomic E-state index is 12.4. The molecule has 0 aromatic heterocycles. The number of benzene rings is 1. The van der Waals surface area contributed by atoms with Crippen molar-refractivity contribution in [3.8, 4) is 5.75 Å². The molecule has 0 atom stereocenters. The van der Waals surface area contributed by atoms with Gasteiger partial charge in [0, 0.05) is 44.7 Å². The first kappa shape index (κ1) is 16.0. The number of nitrogens with zero attached hydrogens (tertiary/aromatic N) is 1. The van der Waals surface area contributed by atoms with Gasteiger partial charge in [0.25, 0.3) is 0 Å². The second-order valence-corrected chi connectivity index (χ2v) is 5.88. The molecule has 0 radical (unpaired) electrons. The molecule has 4 nitrogen and oxygen atoms in total. The quantitative estimate of drug-likeness (QED) is 0.816. The average molecular weight is 290 g/mol. The highest BCUT2D eigenvalue weighted by Crippen LogP contribution is 2.27. The molecule has 0 amide bonds. The molecule has 2 rings (SSSR count). The maximum Gasteiger partial charge on any atom is 0.164 e. The third-order valence-electron chi connectivity index (χ3n) is 4.04. The van der Waals surface area contributed by atoms with Gasteiger partial charge in [-0.2, -0.15) is 0 Å². The molecular weight excluding hydrogens is 264 g/mol. The Labute approximate surface area is 127 Å². The summed E-state index contributed by atoms with van der Waals surface area (Å²) in [6.07, 6.45) is 0.587. The Hall–Kier alpha value is -1.39. The number of hydrogen-bond acceptors (Lipinski definition) is 4. The summed E-state index contributed by atoms with van der Waals surface area (Å²) in [7, 11) is 1.67. The van der Waals surface area contributed by atoms with Gasteiger partial charge in [-0.3, -0.25) is 4.79 Å². The first-order valence-corrected chi connectivity index (χ1v) is 7.76. The fourth-order valence-electron chi connectivity index (χ4n) is 2.70. The number of Topliss-reactive ketones (excluding diaryl/α,β-unsaturated/α-hetero) is 1. The van der Waals surface area contributed by atoms with E-state index in [0.717, 1.165) is 49.6 Å². The van der Waals surface area contributed by atoms with Crippen LogP contribution in [0.25, 0.3) is 0 Å². The molecule has 0 unspecified atom stereocenters. The lowest BCUT2D eigenvalue weighted by molar-refractivity contribution is 0.0960. The summed E-state index contributed by atoms with van der Waals surface area (Å²) in [5.41, 5.74) is 1.90. The monoisotopic (exact) mass is 290 g/mol. The van der Waals surface area contributed by atoms with Crippen molar-refractivity contribution >= 4 is 5.78 Å². The van der Waals surface area contributed by atoms with Gasteiger partial charge in [0.1, 0.15) is 5.75 Å². The van der Waals surface area contributed by atoms with Gasteiger partial charge >= 0.3 is 0 Å². The van der Waals surface area contributed by atoms with E-state index in [2.05, 4.69) is 24.1 Å². The minimum atomic E-state index is 0.220. The van der Waals surface area contributed by atoms with Crippen LogP contribution in [0, 0.1) is 0 Å². The molecule has 116 valence electrons. The maximum absolute atomic E-state index is 12.4. The van der Waals surface area contributed by atoms with Crippen molar-refractivity contribution in [1.29, 1.82) is 0 Å². The molecule has 4 heteroatoms. The van der Waals surface area contributed by atoms with E-state index in [-0.39, 0.29) is 5.78 Å². The zero-order valence-corrected chi connectivity index (χ0v) is 13.3. The Morgan fingerprint density at radius 2 is 2.05 bits per heavy atom. The topological polar surface area (TPSA) is 41.6 Å². The zero-order valence-electron chi connectivity index (χ0n) is 13.3. The Kier molecular flexibility index (Phi) is 5.76. The highest BCUT2D eigenvalue weighted by molar-refractivity contribution is 5.96. The normalized spacial score (nSPS) is 16.2. The van der Waals surface area contributed by atoms with Crippen LogP contribution < -0.4 is 10.1 Å². The van der Waals surface area contributed by atoms with Crippen molar-refractivity contribution in [2.75, 3.05) is 39.8 Å². The number of carbonyl (C=O) groups excluding carboxylic acids is 1. The summed E-state index contributed by atoms with van der Waals surface area (Å²) in [5, 5.41) is 3.33. The number of piperazine rings is 1. The highest BCUT2D eigenvalue weighted by atomic mass is 16.5. The van der Waals surface area contributed by atoms with Crippen molar-refractivity contribution in [2.45, 2.75) is 26.2 Å². The summed E-state index contributed by atoms with van der Waals surface area (Å²) < 4.78 is 5.37. The van der Waals surface area contributed by atoms with Crippen molar-refractivity contribution < 1.29 is 9.53 Å². The van der Waals surface area contributed by atoms with E-state index in [1.165, 1.54) is 0 Å². The smallest absolute Gasteiger partial charge is 0.164 e. The number of hydrogen-bond donors (Lipinski definition) is 1. The SMILES string of the molecule is COc1ccc(C(=O)CCN2CCNCC2)cc1C(C)C. The molecular formula is C17H26N2O2. The van der Waals surface area contributed by atoms with E-state index in [1.54, 1.807) is 7.11 Å². The minimum absolute atomic E-state index is 0.220. The minimum Gasteiger partial charge on any atom is -0.496 e. The van der Waals surface area contributed by atoms with Crippen LogP contribution in [0.15, 0.2) is 18.2 Å². The second-order valence-electron chi connectivity index (χ2n) is 5.88. The van der Waals surface area contributed by atoms with Crippen LogP contribution in [0.3, 0.4) is 0 Å². The van der Waals surface area contributed by atoms with Gasteiger partial charge in [0.05, 0.1) is 7.11 Å². The van der Waals surface area contributed by atoms with Crippen molar-refractivity contribution in [1.82, 2.24) is 10.2 Å². The van der Waals surface area contributed by atoms with Crippen LogP contribution >= 0.6 is 0 Å². The molecule has 1 aromatic carbocycles. The van der Waals surface area contributed by atoms with Crippen LogP contribution in [0.5, 0.6) is 5.75 Å². The van der Waals surface area contributed by atoms with E-state index in [1.807, 2.05) is 18.2 Å². The number of rotatable bonds is 6. The molecule has 0 saturated carbocycles. The molecule has 1 aromatic rings. The van der Waals surface area contributed by atoms with E-state index in [4.69, 9.17) is 4.74 Å². The predicted octanol–water partition coefficient (Wildman–Crippen LogP) is 2.30. The lowest BCUT2D eigenvalue weighted by Gasteiger charge is -2.26. The van der Waals surface area contributed by atoms with Gasteiger partial charge in [-0.05, 0) is 29.7 Å². The predicted molar refractivity (Wildman–Crippen MR) is 85.3 cm³/mol. The third kappa shape index (κ3) is 4.29. The standard InChI is InChI=1S/C17H26N2O2/c1-13(2)15-12-14(4-5-17(15)21-3)16(20)6-9-19-10-7-18-8-11-19/h4-5,12-13,18H,6-11H2,1-3H3. The van der Waals surface area contributed by atoms with E-state index >= 15 is 0 Å². The van der Waals surface area contributed by atoms with Crippen LogP contribution in [0.4, 0.5) is 0 Å². The lowest BCUT2D eigenvalue weighted by Crippen LogP contribution is -2.44. The van der Waals surface area contributed by atoms with Crippen LogP contribution in [0.1, 0.15) is 42.1 Å². The number of carbonyl (C=O) groups is 1. The van der Waals surface area contributed by atoms with Gasteiger partial charge in [-0.15, -0.1) is 0 Å². The van der Waals surface area contributed by atoms with Crippen LogP contribution in [-0.2, 0) is 0 Å². The summed E-state index contributed by atoms with van der Waals surface area (Å²) in [6, 6.07) is 5.78. The first-order chi connectivity index (χ1) is 10.1. The molecule has 1 heterocycles. The van der Waals surface area contributed by atoms with Crippen LogP contribution in [-0.4, -0.2) is 50.5 Å². The highest BCUT2D eigenvalue weighted by Gasteiger charge is 2.15. The van der Waals surface area contributed by atoms with Gasteiger partial charge in [-0.1, -0.05) is 13.8 Å². The van der Waals surface area contributed by atoms with Gasteiger partial charge < -0.3 is 15.0 Å². The van der Waals surface area contributed by atoms with Crippen molar-refractivity contribution in [3.63, 3.8) is 0 Å². The molecule has 21 heavy (non-hydrogen) atoms. The van der Waals surface area contributed by atoms with E-state index in [9.17, 15) is 4.79 Å². The average Bonchev–Trinajstić information content (AvgIpc) is 2.52. The Balaban J connectivity index is 1.99. The zero-order chi connectivity index (χ0) is 15.2. The second kappa shape index (κ2) is 7.57. The van der Waals surface area contributed by atoms with E-state index in [0.29, 0.717) is 12.3 Å². The number of ether oxygens (including phenoxy) is 1. The van der Waals surface area contributed by atoms with E-state index < -0.39 is 0 Å². The molecule has 1 saturated heterocycles. The summed E-state index contributed by atoms with van der Waals surface area (Å²) in [5.74, 6) is 1.43. The Morgan fingerprint density at radius 1 is 1.33 bits per heavy atom. The van der Waals surface area contributed by atoms with Crippen molar-refractivity contribution in [2.24, 2.45) is 0 Å². The molecule has 0 spiro atoms. The molecule has 1 fully saturated rings. The Morgan fingerprint density at radius 3 is 2.67 bits per heavy atom. The summed E-state index contributed by atoms with van der Waals surface area (Å²) in [6.45, 7) is 9.20. The molecule has 1 aliphatic heterocycles. The fourth-order valence-corrected chi connectivity index (χ4v) is 2.70. The molecule has 1 aliphatic rings. The summed E-state index contributed by atoms with van der Waals surface area (Å²) >= 11 is 0.